The third-order valence-electron chi connectivity index (χ3n) is 2.20. The highest BCUT2D eigenvalue weighted by molar-refractivity contribution is 5.64. The number of nitrogen functional groups attached to an aromatic ring is 1. The summed E-state index contributed by atoms with van der Waals surface area (Å²) in [5.74, 6) is -4.15. The molecule has 0 fully saturated rings. The molecule has 0 unspecified atom stereocenters. The Balaban J connectivity index is 2.24. The van der Waals surface area contributed by atoms with Crippen LogP contribution in [0.2, 0.25) is 0 Å². The molecule has 0 aliphatic heterocycles. The number of anilines is 2. The first-order valence-electron chi connectivity index (χ1n) is 4.89. The van der Waals surface area contributed by atoms with Crippen LogP contribution in [-0.2, 0) is 0 Å². The minimum Gasteiger partial charge on any atom is -0.382 e. The molecule has 0 amide bonds. The maximum atomic E-state index is 12.8. The normalized spacial score (nSPS) is 12.3. The number of fused-ring (bicyclic) bond motifs is 1. The van der Waals surface area contributed by atoms with E-state index in [4.69, 9.17) is 5.73 Å². The summed E-state index contributed by atoms with van der Waals surface area (Å²) in [5.41, 5.74) is 5.68. The summed E-state index contributed by atoms with van der Waals surface area (Å²) >= 11 is 0. The molecule has 2 heterocycles. The van der Waals surface area contributed by atoms with Gasteiger partial charge in [0, 0.05) is 12.4 Å². The summed E-state index contributed by atoms with van der Waals surface area (Å²) in [6.07, 6.45) is 0.622. The van der Waals surface area contributed by atoms with E-state index >= 15 is 0 Å². The summed E-state index contributed by atoms with van der Waals surface area (Å²) in [6, 6.07) is 0. The van der Waals surface area contributed by atoms with Gasteiger partial charge < -0.3 is 15.5 Å². The number of hydrogen-bond donors (Lipinski definition) is 2. The van der Waals surface area contributed by atoms with E-state index in [0.717, 1.165) is 0 Å². The summed E-state index contributed by atoms with van der Waals surface area (Å²) in [5, 5.41) is 2.13. The lowest BCUT2D eigenvalue weighted by atomic mass is 10.3. The van der Waals surface area contributed by atoms with Crippen molar-refractivity contribution in [3.8, 4) is 0 Å². The van der Waals surface area contributed by atoms with Crippen molar-refractivity contribution in [2.45, 2.75) is 12.3 Å². The molecule has 0 aliphatic carbocycles. The standard InChI is InChI=1S/C9H9F4N5/c10-8(11)9(12,13)4-16-6-7-15-1-2-18(7)3-5(14)17-6/h1-3,8H,4,14H2,(H,16,17). The van der Waals surface area contributed by atoms with E-state index in [2.05, 4.69) is 15.3 Å². The molecule has 18 heavy (non-hydrogen) atoms. The molecule has 2 aromatic heterocycles. The van der Waals surface area contributed by atoms with Gasteiger partial charge in [0.2, 0.25) is 0 Å². The predicted octanol–water partition coefficient (Wildman–Crippen LogP) is 1.62. The summed E-state index contributed by atoms with van der Waals surface area (Å²) in [4.78, 5) is 7.60. The minimum absolute atomic E-state index is 0.0587. The molecule has 0 saturated carbocycles. The molecule has 2 rings (SSSR count). The Labute approximate surface area is 98.6 Å². The van der Waals surface area contributed by atoms with E-state index in [0.29, 0.717) is 0 Å². The van der Waals surface area contributed by atoms with E-state index in [9.17, 15) is 17.6 Å². The second kappa shape index (κ2) is 4.31. The van der Waals surface area contributed by atoms with Gasteiger partial charge in [0.05, 0.1) is 12.7 Å². The van der Waals surface area contributed by atoms with Crippen molar-refractivity contribution in [2.75, 3.05) is 17.6 Å². The van der Waals surface area contributed by atoms with Crippen LogP contribution in [0.15, 0.2) is 18.6 Å². The van der Waals surface area contributed by atoms with E-state index < -0.39 is 18.9 Å². The molecule has 0 bridgehead atoms. The third-order valence-corrected chi connectivity index (χ3v) is 2.20. The molecule has 9 heteroatoms. The van der Waals surface area contributed by atoms with Crippen LogP contribution in [0.1, 0.15) is 0 Å². The predicted molar refractivity (Wildman–Crippen MR) is 56.8 cm³/mol. The maximum absolute atomic E-state index is 12.8. The first-order valence-corrected chi connectivity index (χ1v) is 4.89. The lowest BCUT2D eigenvalue weighted by molar-refractivity contribution is -0.117. The first kappa shape index (κ1) is 12.4. The monoisotopic (exact) mass is 263 g/mol. The van der Waals surface area contributed by atoms with E-state index in [1.54, 1.807) is 0 Å². The molecular formula is C9H9F4N5. The number of aromatic nitrogens is 3. The van der Waals surface area contributed by atoms with Crippen molar-refractivity contribution in [3.05, 3.63) is 18.6 Å². The number of nitrogens with two attached hydrogens (primary N) is 1. The molecule has 3 N–H and O–H groups in total. The Kier molecular flexibility index (Phi) is 2.97. The van der Waals surface area contributed by atoms with Crippen molar-refractivity contribution in [2.24, 2.45) is 0 Å². The van der Waals surface area contributed by atoms with Crippen molar-refractivity contribution in [1.29, 1.82) is 0 Å². The number of nitrogens with zero attached hydrogens (tertiary/aromatic N) is 3. The zero-order chi connectivity index (χ0) is 13.3. The first-order chi connectivity index (χ1) is 8.40. The van der Waals surface area contributed by atoms with Crippen LogP contribution in [0.4, 0.5) is 29.2 Å². The highest BCUT2D eigenvalue weighted by Gasteiger charge is 2.40. The molecule has 0 radical (unpaired) electrons. The van der Waals surface area contributed by atoms with Gasteiger partial charge in [0.1, 0.15) is 5.82 Å². The number of rotatable bonds is 4. The number of hydrogen-bond acceptors (Lipinski definition) is 4. The maximum Gasteiger partial charge on any atom is 0.324 e. The summed E-state index contributed by atoms with van der Waals surface area (Å²) < 4.78 is 51.0. The smallest absolute Gasteiger partial charge is 0.324 e. The lowest BCUT2D eigenvalue weighted by Gasteiger charge is -2.16. The quantitative estimate of drug-likeness (QED) is 0.822. The van der Waals surface area contributed by atoms with Crippen LogP contribution in [0.3, 0.4) is 0 Å². The van der Waals surface area contributed by atoms with Crippen LogP contribution < -0.4 is 11.1 Å². The molecular weight excluding hydrogens is 254 g/mol. The zero-order valence-corrected chi connectivity index (χ0v) is 8.95. The van der Waals surface area contributed by atoms with Gasteiger partial charge in [-0.1, -0.05) is 0 Å². The SMILES string of the molecule is Nc1cn2ccnc2c(NCC(F)(F)C(F)F)n1. The van der Waals surface area contributed by atoms with Crippen LogP contribution in [0.25, 0.3) is 5.65 Å². The van der Waals surface area contributed by atoms with Crippen molar-refractivity contribution < 1.29 is 17.6 Å². The number of alkyl halides is 4. The molecule has 0 spiro atoms. The largest absolute Gasteiger partial charge is 0.382 e. The zero-order valence-electron chi connectivity index (χ0n) is 8.95. The minimum atomic E-state index is -4.14. The van der Waals surface area contributed by atoms with Gasteiger partial charge in [-0.05, 0) is 0 Å². The Hall–Kier alpha value is -2.06. The fourth-order valence-electron chi connectivity index (χ4n) is 1.35. The summed E-state index contributed by atoms with van der Waals surface area (Å²) in [6.45, 7) is -1.25. The van der Waals surface area contributed by atoms with E-state index in [-0.39, 0.29) is 17.3 Å². The van der Waals surface area contributed by atoms with Crippen LogP contribution in [0, 0.1) is 0 Å². The Morgan fingerprint density at radius 1 is 1.44 bits per heavy atom. The molecule has 5 nitrogen and oxygen atoms in total. The Morgan fingerprint density at radius 2 is 2.17 bits per heavy atom. The van der Waals surface area contributed by atoms with Gasteiger partial charge in [-0.3, -0.25) is 0 Å². The average molecular weight is 263 g/mol. The van der Waals surface area contributed by atoms with Crippen LogP contribution >= 0.6 is 0 Å². The number of imidazole rings is 1. The lowest BCUT2D eigenvalue weighted by Crippen LogP contribution is -2.35. The number of halogens is 4. The fraction of sp³-hybridized carbons (Fsp3) is 0.333. The van der Waals surface area contributed by atoms with Crippen LogP contribution in [-0.4, -0.2) is 33.3 Å². The van der Waals surface area contributed by atoms with Gasteiger partial charge in [-0.15, -0.1) is 0 Å². The molecule has 0 atom stereocenters. The third kappa shape index (κ3) is 2.29. The van der Waals surface area contributed by atoms with Crippen LogP contribution in [0.5, 0.6) is 0 Å². The second-order valence-electron chi connectivity index (χ2n) is 3.59. The van der Waals surface area contributed by atoms with Crippen molar-refractivity contribution in [3.63, 3.8) is 0 Å². The number of nitrogens with one attached hydrogen (secondary N) is 1. The average Bonchev–Trinajstić information content (AvgIpc) is 2.73. The molecule has 0 aromatic carbocycles. The fourth-order valence-corrected chi connectivity index (χ4v) is 1.35. The second-order valence-corrected chi connectivity index (χ2v) is 3.59. The van der Waals surface area contributed by atoms with E-state index in [1.165, 1.54) is 23.0 Å². The van der Waals surface area contributed by atoms with Gasteiger partial charge >= 0.3 is 12.3 Å². The van der Waals surface area contributed by atoms with Gasteiger partial charge in [0.25, 0.3) is 0 Å². The van der Waals surface area contributed by atoms with Gasteiger partial charge in [0.15, 0.2) is 11.5 Å². The molecule has 0 aliphatic rings. The molecule has 98 valence electrons. The Morgan fingerprint density at radius 3 is 2.83 bits per heavy atom. The Bertz CT molecular complexity index is 553. The molecule has 0 saturated heterocycles. The van der Waals surface area contributed by atoms with E-state index in [1.807, 2.05) is 0 Å². The van der Waals surface area contributed by atoms with Gasteiger partial charge in [-0.2, -0.15) is 8.78 Å². The van der Waals surface area contributed by atoms with Gasteiger partial charge in [-0.25, -0.2) is 18.7 Å². The molecule has 2 aromatic rings. The highest BCUT2D eigenvalue weighted by Crippen LogP contribution is 2.24. The highest BCUT2D eigenvalue weighted by atomic mass is 19.3. The summed E-state index contributed by atoms with van der Waals surface area (Å²) in [7, 11) is 0. The van der Waals surface area contributed by atoms with Crippen molar-refractivity contribution in [1.82, 2.24) is 14.4 Å². The van der Waals surface area contributed by atoms with Crippen molar-refractivity contribution >= 4 is 17.3 Å². The topological polar surface area (TPSA) is 68.2 Å².